The molecule has 2 heterocycles. The minimum Gasteiger partial charge on any atom is -0.424 e. The largest absolute Gasteiger partial charge is 0.424 e. The van der Waals surface area contributed by atoms with E-state index in [-0.39, 0.29) is 22.3 Å². The number of halogens is 4. The van der Waals surface area contributed by atoms with E-state index in [2.05, 4.69) is 15.4 Å². The van der Waals surface area contributed by atoms with Crippen molar-refractivity contribution in [2.45, 2.75) is 12.0 Å². The molecule has 5 nitrogen and oxygen atoms in total. The van der Waals surface area contributed by atoms with Crippen LogP contribution in [0.2, 0.25) is 10.0 Å². The number of hydrogen-bond acceptors (Lipinski definition) is 5. The SMILES string of the molecule is FC(F)C1(c2c(Cl)cccc2Oc2ncc(Cl)cn2)C=CON1. The molecule has 0 radical (unpaired) electrons. The van der Waals surface area contributed by atoms with Crippen LogP contribution in [0.3, 0.4) is 0 Å². The summed E-state index contributed by atoms with van der Waals surface area (Å²) in [6.45, 7) is 0. The average molecular weight is 360 g/mol. The standard InChI is InChI=1S/C14H9Cl2F2N3O2/c15-8-6-19-13(20-7-8)23-10-3-1-2-9(16)11(10)14(12(17)18)4-5-22-21-14/h1-7,12,21H. The van der Waals surface area contributed by atoms with Crippen LogP contribution in [-0.4, -0.2) is 16.4 Å². The second kappa shape index (κ2) is 6.27. The lowest BCUT2D eigenvalue weighted by Gasteiger charge is -2.28. The van der Waals surface area contributed by atoms with Crippen LogP contribution in [0.25, 0.3) is 0 Å². The first-order chi connectivity index (χ1) is 11.0. The van der Waals surface area contributed by atoms with Crippen LogP contribution in [0.4, 0.5) is 8.78 Å². The van der Waals surface area contributed by atoms with Crippen LogP contribution in [-0.2, 0) is 10.4 Å². The Bertz CT molecular complexity index is 743. The van der Waals surface area contributed by atoms with Crippen molar-refractivity contribution in [3.63, 3.8) is 0 Å². The van der Waals surface area contributed by atoms with Crippen molar-refractivity contribution in [3.8, 4) is 11.8 Å². The maximum absolute atomic E-state index is 13.7. The number of alkyl halides is 2. The van der Waals surface area contributed by atoms with Gasteiger partial charge in [-0.2, -0.15) is 0 Å². The monoisotopic (exact) mass is 359 g/mol. The van der Waals surface area contributed by atoms with Crippen molar-refractivity contribution >= 4 is 23.2 Å². The third kappa shape index (κ3) is 2.95. The van der Waals surface area contributed by atoms with Gasteiger partial charge in [0.05, 0.1) is 22.4 Å². The van der Waals surface area contributed by atoms with Crippen LogP contribution in [0.15, 0.2) is 42.9 Å². The topological polar surface area (TPSA) is 56.3 Å². The number of benzene rings is 1. The van der Waals surface area contributed by atoms with Gasteiger partial charge in [0.25, 0.3) is 6.43 Å². The second-order valence-electron chi connectivity index (χ2n) is 4.59. The van der Waals surface area contributed by atoms with Gasteiger partial charge in [-0.3, -0.25) is 0 Å². The van der Waals surface area contributed by atoms with Crippen molar-refractivity contribution in [1.29, 1.82) is 0 Å². The van der Waals surface area contributed by atoms with E-state index in [9.17, 15) is 8.78 Å². The summed E-state index contributed by atoms with van der Waals surface area (Å²) in [5, 5.41) is 0.404. The van der Waals surface area contributed by atoms with Crippen molar-refractivity contribution < 1.29 is 18.4 Å². The van der Waals surface area contributed by atoms with Gasteiger partial charge in [0, 0.05) is 5.56 Å². The van der Waals surface area contributed by atoms with Crippen LogP contribution >= 0.6 is 23.2 Å². The average Bonchev–Trinajstić information content (AvgIpc) is 3.00. The molecular formula is C14H9Cl2F2N3O2. The van der Waals surface area contributed by atoms with Crippen molar-refractivity contribution in [2.24, 2.45) is 0 Å². The molecule has 0 saturated carbocycles. The summed E-state index contributed by atoms with van der Waals surface area (Å²) in [5.41, 5.74) is 0.362. The molecule has 1 N–H and O–H groups in total. The first-order valence-electron chi connectivity index (χ1n) is 6.36. The fourth-order valence-corrected chi connectivity index (χ4v) is 2.53. The van der Waals surface area contributed by atoms with Gasteiger partial charge in [0.2, 0.25) is 0 Å². The molecule has 120 valence electrons. The highest BCUT2D eigenvalue weighted by Crippen LogP contribution is 2.43. The highest BCUT2D eigenvalue weighted by molar-refractivity contribution is 6.31. The maximum atomic E-state index is 13.7. The lowest BCUT2D eigenvalue weighted by Crippen LogP contribution is -2.43. The number of rotatable bonds is 4. The molecule has 9 heteroatoms. The second-order valence-corrected chi connectivity index (χ2v) is 5.43. The van der Waals surface area contributed by atoms with Crippen LogP contribution < -0.4 is 10.2 Å². The minimum atomic E-state index is -2.84. The molecule has 1 unspecified atom stereocenters. The van der Waals surface area contributed by atoms with E-state index in [0.29, 0.717) is 5.02 Å². The molecule has 23 heavy (non-hydrogen) atoms. The number of hydrogen-bond donors (Lipinski definition) is 1. The van der Waals surface area contributed by atoms with E-state index in [1.165, 1.54) is 30.6 Å². The lowest BCUT2D eigenvalue weighted by atomic mass is 9.90. The summed E-state index contributed by atoms with van der Waals surface area (Å²) < 4.78 is 32.9. The minimum absolute atomic E-state index is 0.0176. The number of hydroxylamine groups is 1. The van der Waals surface area contributed by atoms with Gasteiger partial charge in [0.15, 0.2) is 5.54 Å². The van der Waals surface area contributed by atoms with E-state index in [4.69, 9.17) is 32.8 Å². The van der Waals surface area contributed by atoms with Gasteiger partial charge in [-0.1, -0.05) is 29.3 Å². The highest BCUT2D eigenvalue weighted by atomic mass is 35.5. The van der Waals surface area contributed by atoms with Gasteiger partial charge in [-0.25, -0.2) is 18.7 Å². The summed E-state index contributed by atoms with van der Waals surface area (Å²) in [6, 6.07) is 4.47. The Kier molecular flexibility index (Phi) is 4.34. The Morgan fingerprint density at radius 3 is 2.57 bits per heavy atom. The van der Waals surface area contributed by atoms with Gasteiger partial charge >= 0.3 is 6.01 Å². The van der Waals surface area contributed by atoms with Gasteiger partial charge in [-0.15, -0.1) is 5.48 Å². The third-order valence-electron chi connectivity index (χ3n) is 3.16. The fraction of sp³-hybridized carbons (Fsp3) is 0.143. The van der Waals surface area contributed by atoms with Crippen molar-refractivity contribution in [2.75, 3.05) is 0 Å². The predicted molar refractivity (Wildman–Crippen MR) is 79.6 cm³/mol. The molecule has 1 aromatic carbocycles. The Balaban J connectivity index is 2.07. The molecular weight excluding hydrogens is 351 g/mol. The zero-order valence-electron chi connectivity index (χ0n) is 11.3. The summed E-state index contributed by atoms with van der Waals surface area (Å²) in [4.78, 5) is 12.5. The molecule has 1 aromatic heterocycles. The molecule has 3 rings (SSSR count). The Morgan fingerprint density at radius 1 is 1.22 bits per heavy atom. The van der Waals surface area contributed by atoms with E-state index in [1.807, 2.05) is 0 Å². The third-order valence-corrected chi connectivity index (χ3v) is 3.67. The van der Waals surface area contributed by atoms with Gasteiger partial charge in [-0.05, 0) is 18.2 Å². The maximum Gasteiger partial charge on any atom is 0.321 e. The quantitative estimate of drug-likeness (QED) is 0.890. The Morgan fingerprint density at radius 2 is 1.96 bits per heavy atom. The molecule has 0 amide bonds. The van der Waals surface area contributed by atoms with E-state index in [1.54, 1.807) is 6.07 Å². The molecule has 1 atom stereocenters. The normalized spacial score (nSPS) is 19.9. The van der Waals surface area contributed by atoms with E-state index in [0.717, 1.165) is 6.26 Å². The number of nitrogens with one attached hydrogen (secondary N) is 1. The number of aromatic nitrogens is 2. The molecule has 2 aromatic rings. The Labute approximate surface area is 139 Å². The number of ether oxygens (including phenoxy) is 1. The highest BCUT2D eigenvalue weighted by Gasteiger charge is 2.47. The van der Waals surface area contributed by atoms with Crippen LogP contribution in [0.5, 0.6) is 11.8 Å². The van der Waals surface area contributed by atoms with E-state index < -0.39 is 12.0 Å². The predicted octanol–water partition coefficient (Wildman–Crippen LogP) is 4.08. The summed E-state index contributed by atoms with van der Waals surface area (Å²) in [6.07, 6.45) is 2.11. The number of nitrogens with zero attached hydrogens (tertiary/aromatic N) is 2. The van der Waals surface area contributed by atoms with Crippen molar-refractivity contribution in [3.05, 3.63) is 58.5 Å². The van der Waals surface area contributed by atoms with Gasteiger partial charge in [0.1, 0.15) is 12.0 Å². The zero-order chi connectivity index (χ0) is 16.4. The molecule has 0 aliphatic carbocycles. The smallest absolute Gasteiger partial charge is 0.321 e. The Hall–Kier alpha value is -1.96. The summed E-state index contributed by atoms with van der Waals surface area (Å²) in [5.74, 6) is 0.0720. The first-order valence-corrected chi connectivity index (χ1v) is 7.11. The van der Waals surface area contributed by atoms with Crippen LogP contribution in [0, 0.1) is 0 Å². The molecule has 1 aliphatic rings. The summed E-state index contributed by atoms with van der Waals surface area (Å²) >= 11 is 11.8. The lowest BCUT2D eigenvalue weighted by molar-refractivity contribution is -0.0109. The van der Waals surface area contributed by atoms with Crippen molar-refractivity contribution in [1.82, 2.24) is 15.4 Å². The molecule has 0 bridgehead atoms. The summed E-state index contributed by atoms with van der Waals surface area (Å²) in [7, 11) is 0. The zero-order valence-corrected chi connectivity index (χ0v) is 12.9. The molecule has 0 saturated heterocycles. The first kappa shape index (κ1) is 15.9. The van der Waals surface area contributed by atoms with Gasteiger partial charge < -0.3 is 9.57 Å². The van der Waals surface area contributed by atoms with Crippen LogP contribution in [0.1, 0.15) is 5.56 Å². The van der Waals surface area contributed by atoms with E-state index >= 15 is 0 Å². The molecule has 0 spiro atoms. The molecule has 0 fully saturated rings. The fourth-order valence-electron chi connectivity index (χ4n) is 2.11. The molecule has 1 aliphatic heterocycles.